The standard InChI is InChI=1S/2C7H16NO2.2HI/c2*1-7(9)10-6-5-8(2,3)4;;/h2*5-6H2,1-4H3;2*1H/q2*+1;;/p-2. The SMILES string of the molecule is CC(=O)OCC[N+](C)(C)C.CC(=O)OCC[N+](C)(C)C.[I-].[I-]. The fourth-order valence-electron chi connectivity index (χ4n) is 0.926. The Balaban J connectivity index is -0.000000135. The zero-order valence-corrected chi connectivity index (χ0v) is 19.4. The second-order valence-corrected chi connectivity index (χ2v) is 6.71. The molecule has 0 saturated heterocycles. The van der Waals surface area contributed by atoms with Gasteiger partial charge < -0.3 is 66.4 Å². The number of ether oxygens (including phenoxy) is 2. The van der Waals surface area contributed by atoms with Crippen LogP contribution >= 0.6 is 0 Å². The predicted molar refractivity (Wildman–Crippen MR) is 79.1 cm³/mol. The molecule has 0 aliphatic heterocycles. The summed E-state index contributed by atoms with van der Waals surface area (Å²) in [6.45, 7) is 5.60. The third kappa shape index (κ3) is 37.0. The summed E-state index contributed by atoms with van der Waals surface area (Å²) in [5, 5.41) is 0. The van der Waals surface area contributed by atoms with Crippen molar-refractivity contribution in [3.05, 3.63) is 0 Å². The van der Waals surface area contributed by atoms with Gasteiger partial charge in [0.2, 0.25) is 0 Å². The van der Waals surface area contributed by atoms with Crippen molar-refractivity contribution in [3.8, 4) is 0 Å². The highest BCUT2D eigenvalue weighted by atomic mass is 127. The monoisotopic (exact) mass is 546 g/mol. The van der Waals surface area contributed by atoms with Crippen molar-refractivity contribution in [2.24, 2.45) is 0 Å². The van der Waals surface area contributed by atoms with E-state index in [1.165, 1.54) is 13.8 Å². The number of halogens is 2. The summed E-state index contributed by atoms with van der Waals surface area (Å²) < 4.78 is 11.2. The van der Waals surface area contributed by atoms with Gasteiger partial charge in [-0.3, -0.25) is 9.59 Å². The van der Waals surface area contributed by atoms with E-state index in [0.29, 0.717) is 13.2 Å². The van der Waals surface area contributed by atoms with Crippen LogP contribution in [0.1, 0.15) is 13.8 Å². The Hall–Kier alpha value is 0.320. The fraction of sp³-hybridized carbons (Fsp3) is 0.857. The Kier molecular flexibility index (Phi) is 20.5. The maximum atomic E-state index is 10.3. The largest absolute Gasteiger partial charge is 1.00 e. The molecule has 136 valence electrons. The Morgan fingerprint density at radius 3 is 1.05 bits per heavy atom. The molecule has 0 fully saturated rings. The highest BCUT2D eigenvalue weighted by molar-refractivity contribution is 5.66. The van der Waals surface area contributed by atoms with E-state index in [-0.39, 0.29) is 59.9 Å². The lowest BCUT2D eigenvalue weighted by molar-refractivity contribution is -0.870. The summed E-state index contributed by atoms with van der Waals surface area (Å²) >= 11 is 0. The molecule has 0 heterocycles. The molecular weight excluding hydrogens is 514 g/mol. The maximum Gasteiger partial charge on any atom is 0.302 e. The number of likely N-dealkylation sites (N-methyl/N-ethyl adjacent to an activating group) is 2. The first-order valence-corrected chi connectivity index (χ1v) is 6.71. The summed E-state index contributed by atoms with van der Waals surface area (Å²) in [7, 11) is 12.4. The number of quaternary nitrogens is 2. The molecule has 6 nitrogen and oxygen atoms in total. The van der Waals surface area contributed by atoms with Crippen molar-refractivity contribution >= 4 is 11.9 Å². The first-order valence-electron chi connectivity index (χ1n) is 6.71. The molecule has 0 unspecified atom stereocenters. The molecule has 0 radical (unpaired) electrons. The normalized spacial score (nSPS) is 10.2. The number of carbonyl (C=O) groups is 2. The van der Waals surface area contributed by atoms with Crippen molar-refractivity contribution in [1.82, 2.24) is 0 Å². The molecule has 0 rings (SSSR count). The van der Waals surface area contributed by atoms with Crippen molar-refractivity contribution in [2.75, 3.05) is 68.6 Å². The van der Waals surface area contributed by atoms with Gasteiger partial charge in [0, 0.05) is 13.8 Å². The van der Waals surface area contributed by atoms with Gasteiger partial charge in [-0.05, 0) is 0 Å². The third-order valence-corrected chi connectivity index (χ3v) is 2.13. The average Bonchev–Trinajstić information content (AvgIpc) is 2.12. The van der Waals surface area contributed by atoms with Gasteiger partial charge in [-0.2, -0.15) is 0 Å². The second-order valence-electron chi connectivity index (χ2n) is 6.71. The van der Waals surface area contributed by atoms with Crippen LogP contribution in [0.4, 0.5) is 0 Å². The highest BCUT2D eigenvalue weighted by Crippen LogP contribution is 1.89. The van der Waals surface area contributed by atoms with E-state index >= 15 is 0 Å². The van der Waals surface area contributed by atoms with E-state index in [9.17, 15) is 9.59 Å². The Morgan fingerprint density at radius 2 is 0.909 bits per heavy atom. The molecule has 22 heavy (non-hydrogen) atoms. The van der Waals surface area contributed by atoms with Crippen LogP contribution in [0.15, 0.2) is 0 Å². The molecule has 0 spiro atoms. The number of rotatable bonds is 6. The van der Waals surface area contributed by atoms with Gasteiger partial charge in [-0.15, -0.1) is 0 Å². The summed E-state index contributed by atoms with van der Waals surface area (Å²) in [5.74, 6) is -0.401. The summed E-state index contributed by atoms with van der Waals surface area (Å²) in [6.07, 6.45) is 0. The van der Waals surface area contributed by atoms with Crippen molar-refractivity contribution in [2.45, 2.75) is 13.8 Å². The minimum absolute atomic E-state index is 0. The number of carbonyl (C=O) groups excluding carboxylic acids is 2. The molecular formula is C14H32I2N2O4. The van der Waals surface area contributed by atoms with Crippen molar-refractivity contribution in [3.63, 3.8) is 0 Å². The summed E-state index contributed by atoms with van der Waals surface area (Å²) in [6, 6.07) is 0. The maximum absolute atomic E-state index is 10.3. The molecule has 0 N–H and O–H groups in total. The lowest BCUT2D eigenvalue weighted by Crippen LogP contribution is -3.00. The van der Waals surface area contributed by atoms with Gasteiger partial charge in [0.1, 0.15) is 26.3 Å². The molecule has 0 aromatic carbocycles. The minimum Gasteiger partial charge on any atom is -1.00 e. The molecule has 0 saturated carbocycles. The number of hydrogen-bond acceptors (Lipinski definition) is 4. The lowest BCUT2D eigenvalue weighted by atomic mass is 10.5. The fourth-order valence-corrected chi connectivity index (χ4v) is 0.926. The zero-order valence-electron chi connectivity index (χ0n) is 15.1. The van der Waals surface area contributed by atoms with Crippen LogP contribution < -0.4 is 48.0 Å². The van der Waals surface area contributed by atoms with Crippen LogP contribution in [0.2, 0.25) is 0 Å². The molecule has 0 aliphatic carbocycles. The van der Waals surface area contributed by atoms with Crippen LogP contribution in [0.5, 0.6) is 0 Å². The Bertz CT molecular complexity index is 270. The van der Waals surface area contributed by atoms with Gasteiger partial charge in [0.25, 0.3) is 0 Å². The lowest BCUT2D eigenvalue weighted by Gasteiger charge is -2.23. The summed E-state index contributed by atoms with van der Waals surface area (Å²) in [4.78, 5) is 20.6. The van der Waals surface area contributed by atoms with Gasteiger partial charge in [0.05, 0.1) is 42.3 Å². The van der Waals surface area contributed by atoms with Crippen LogP contribution in [-0.4, -0.2) is 89.5 Å². The van der Waals surface area contributed by atoms with Gasteiger partial charge >= 0.3 is 11.9 Å². The topological polar surface area (TPSA) is 52.6 Å². The smallest absolute Gasteiger partial charge is 0.302 e. The Morgan fingerprint density at radius 1 is 0.682 bits per heavy atom. The first kappa shape index (κ1) is 30.2. The average molecular weight is 546 g/mol. The zero-order chi connectivity index (χ0) is 16.4. The van der Waals surface area contributed by atoms with Gasteiger partial charge in [-0.25, -0.2) is 0 Å². The summed E-state index contributed by atoms with van der Waals surface area (Å²) in [5.41, 5.74) is 0. The van der Waals surface area contributed by atoms with Crippen molar-refractivity contribution < 1.29 is 76.0 Å². The molecule has 0 atom stereocenters. The molecule has 0 bridgehead atoms. The van der Waals surface area contributed by atoms with Gasteiger partial charge in [-0.1, -0.05) is 0 Å². The van der Waals surface area contributed by atoms with Gasteiger partial charge in [0.15, 0.2) is 0 Å². The van der Waals surface area contributed by atoms with Crippen LogP contribution in [-0.2, 0) is 19.1 Å². The highest BCUT2D eigenvalue weighted by Gasteiger charge is 2.07. The van der Waals surface area contributed by atoms with E-state index in [4.69, 9.17) is 9.47 Å². The molecule has 0 aromatic heterocycles. The van der Waals surface area contributed by atoms with E-state index < -0.39 is 0 Å². The van der Waals surface area contributed by atoms with Crippen LogP contribution in [0.25, 0.3) is 0 Å². The van der Waals surface area contributed by atoms with E-state index in [1.54, 1.807) is 0 Å². The predicted octanol–water partition coefficient (Wildman–Crippen LogP) is -5.48. The molecule has 0 aliphatic rings. The van der Waals surface area contributed by atoms with E-state index in [1.807, 2.05) is 0 Å². The van der Waals surface area contributed by atoms with Crippen LogP contribution in [0, 0.1) is 0 Å². The minimum atomic E-state index is -0.201. The first-order chi connectivity index (χ1) is 8.83. The quantitative estimate of drug-likeness (QED) is 0.190. The molecule has 0 aromatic rings. The third-order valence-electron chi connectivity index (χ3n) is 2.13. The number of hydrogen-bond donors (Lipinski definition) is 0. The van der Waals surface area contributed by atoms with E-state index in [0.717, 1.165) is 22.1 Å². The molecule has 8 heteroatoms. The molecule has 0 amide bonds. The number of esters is 2. The second kappa shape index (κ2) is 14.9. The Labute approximate surface area is 169 Å². The number of nitrogens with zero attached hydrogens (tertiary/aromatic N) is 2. The van der Waals surface area contributed by atoms with Crippen molar-refractivity contribution in [1.29, 1.82) is 0 Å². The van der Waals surface area contributed by atoms with E-state index in [2.05, 4.69) is 42.3 Å². The van der Waals surface area contributed by atoms with Crippen LogP contribution in [0.3, 0.4) is 0 Å².